The zero-order chi connectivity index (χ0) is 13.8. The maximum Gasteiger partial charge on any atom is 0.223 e. The minimum Gasteiger partial charge on any atom is -0.438 e. The van der Waals surface area contributed by atoms with Gasteiger partial charge in [-0.2, -0.15) is 0 Å². The molecule has 0 radical (unpaired) electrons. The molecule has 0 saturated carbocycles. The van der Waals surface area contributed by atoms with Gasteiger partial charge in [-0.25, -0.2) is 4.98 Å². The maximum atomic E-state index is 5.99. The van der Waals surface area contributed by atoms with Crippen LogP contribution >= 0.6 is 27.5 Å². The van der Waals surface area contributed by atoms with Crippen LogP contribution < -0.4 is 10.1 Å². The maximum absolute atomic E-state index is 5.99. The standard InChI is InChI=1S/C14H14BrClN2O/c1-9-3-4-12(16)6-13(9)19-14-10(7-17-2)5-11(15)8-18-14/h3-6,8,17H,7H2,1-2H3. The van der Waals surface area contributed by atoms with Crippen LogP contribution in [0.25, 0.3) is 0 Å². The van der Waals surface area contributed by atoms with E-state index in [2.05, 4.69) is 26.2 Å². The first-order chi connectivity index (χ1) is 9.10. The second-order valence-electron chi connectivity index (χ2n) is 4.16. The third-order valence-electron chi connectivity index (χ3n) is 2.62. The van der Waals surface area contributed by atoms with Gasteiger partial charge in [-0.05, 0) is 53.7 Å². The molecule has 2 rings (SSSR count). The Morgan fingerprint density at radius 3 is 2.89 bits per heavy atom. The molecule has 0 aliphatic heterocycles. The molecule has 0 saturated heterocycles. The zero-order valence-electron chi connectivity index (χ0n) is 10.7. The van der Waals surface area contributed by atoms with Crippen molar-refractivity contribution >= 4 is 27.5 Å². The second-order valence-corrected chi connectivity index (χ2v) is 5.51. The molecule has 0 aliphatic rings. The molecular weight excluding hydrogens is 328 g/mol. The van der Waals surface area contributed by atoms with Gasteiger partial charge >= 0.3 is 0 Å². The summed E-state index contributed by atoms with van der Waals surface area (Å²) in [6.45, 7) is 2.66. The highest BCUT2D eigenvalue weighted by atomic mass is 79.9. The van der Waals surface area contributed by atoms with Gasteiger partial charge in [0.15, 0.2) is 0 Å². The van der Waals surface area contributed by atoms with Crippen molar-refractivity contribution < 1.29 is 4.74 Å². The van der Waals surface area contributed by atoms with Crippen LogP contribution in [0.5, 0.6) is 11.6 Å². The molecule has 19 heavy (non-hydrogen) atoms. The SMILES string of the molecule is CNCc1cc(Br)cnc1Oc1cc(Cl)ccc1C. The number of aromatic nitrogens is 1. The van der Waals surface area contributed by atoms with E-state index in [9.17, 15) is 0 Å². The molecule has 1 heterocycles. The number of hydrogen-bond donors (Lipinski definition) is 1. The molecule has 1 aromatic heterocycles. The highest BCUT2D eigenvalue weighted by Gasteiger charge is 2.09. The van der Waals surface area contributed by atoms with Gasteiger partial charge in [0.05, 0.1) is 0 Å². The highest BCUT2D eigenvalue weighted by molar-refractivity contribution is 9.10. The summed E-state index contributed by atoms with van der Waals surface area (Å²) in [7, 11) is 1.88. The largest absolute Gasteiger partial charge is 0.438 e. The van der Waals surface area contributed by atoms with Gasteiger partial charge in [-0.15, -0.1) is 0 Å². The zero-order valence-corrected chi connectivity index (χ0v) is 13.0. The topological polar surface area (TPSA) is 34.2 Å². The van der Waals surface area contributed by atoms with E-state index in [0.29, 0.717) is 17.4 Å². The Kier molecular flexibility index (Phi) is 4.80. The van der Waals surface area contributed by atoms with E-state index < -0.39 is 0 Å². The normalized spacial score (nSPS) is 10.5. The summed E-state index contributed by atoms with van der Waals surface area (Å²) < 4.78 is 6.80. The molecule has 2 aromatic rings. The van der Waals surface area contributed by atoms with Crippen molar-refractivity contribution in [1.82, 2.24) is 10.3 Å². The van der Waals surface area contributed by atoms with Crippen LogP contribution in [0.4, 0.5) is 0 Å². The average molecular weight is 342 g/mol. The summed E-state index contributed by atoms with van der Waals surface area (Å²) in [5, 5.41) is 3.74. The molecular formula is C14H14BrClN2O. The monoisotopic (exact) mass is 340 g/mol. The van der Waals surface area contributed by atoms with E-state index in [4.69, 9.17) is 16.3 Å². The van der Waals surface area contributed by atoms with E-state index in [1.807, 2.05) is 32.2 Å². The number of benzene rings is 1. The van der Waals surface area contributed by atoms with Gasteiger partial charge in [0.2, 0.25) is 5.88 Å². The Labute approximate surface area is 126 Å². The fourth-order valence-electron chi connectivity index (χ4n) is 1.67. The number of aryl methyl sites for hydroxylation is 1. The van der Waals surface area contributed by atoms with Crippen LogP contribution in [0.1, 0.15) is 11.1 Å². The van der Waals surface area contributed by atoms with E-state index in [0.717, 1.165) is 21.3 Å². The molecule has 0 bridgehead atoms. The molecule has 0 fully saturated rings. The number of hydrogen-bond acceptors (Lipinski definition) is 3. The van der Waals surface area contributed by atoms with Crippen molar-refractivity contribution in [3.8, 4) is 11.6 Å². The van der Waals surface area contributed by atoms with Gasteiger partial charge in [-0.3, -0.25) is 0 Å². The number of pyridine rings is 1. The average Bonchev–Trinajstić information content (AvgIpc) is 2.37. The Morgan fingerprint density at radius 1 is 1.37 bits per heavy atom. The molecule has 3 nitrogen and oxygen atoms in total. The van der Waals surface area contributed by atoms with E-state index in [1.54, 1.807) is 12.3 Å². The molecule has 1 aromatic carbocycles. The summed E-state index contributed by atoms with van der Waals surface area (Å²) in [6.07, 6.45) is 1.72. The Morgan fingerprint density at radius 2 is 2.16 bits per heavy atom. The first-order valence-corrected chi connectivity index (χ1v) is 7.00. The smallest absolute Gasteiger partial charge is 0.223 e. The number of halogens is 2. The van der Waals surface area contributed by atoms with Crippen molar-refractivity contribution in [2.75, 3.05) is 7.05 Å². The van der Waals surface area contributed by atoms with Crippen molar-refractivity contribution in [1.29, 1.82) is 0 Å². The molecule has 1 N–H and O–H groups in total. The lowest BCUT2D eigenvalue weighted by Gasteiger charge is -2.12. The van der Waals surface area contributed by atoms with Crippen LogP contribution in [-0.2, 0) is 6.54 Å². The Hall–Kier alpha value is -1.10. The number of ether oxygens (including phenoxy) is 1. The molecule has 0 amide bonds. The molecule has 5 heteroatoms. The summed E-state index contributed by atoms with van der Waals surface area (Å²) in [6, 6.07) is 7.55. The minimum absolute atomic E-state index is 0.586. The number of nitrogens with one attached hydrogen (secondary N) is 1. The van der Waals surface area contributed by atoms with Gasteiger partial charge in [0.25, 0.3) is 0 Å². The van der Waals surface area contributed by atoms with E-state index in [1.165, 1.54) is 0 Å². The third-order valence-corrected chi connectivity index (χ3v) is 3.28. The molecule has 0 unspecified atom stereocenters. The van der Waals surface area contributed by atoms with Gasteiger partial charge in [0, 0.05) is 27.8 Å². The van der Waals surface area contributed by atoms with E-state index in [-0.39, 0.29) is 0 Å². The molecule has 0 aliphatic carbocycles. The van der Waals surface area contributed by atoms with Gasteiger partial charge < -0.3 is 10.1 Å². The summed E-state index contributed by atoms with van der Waals surface area (Å²) >= 11 is 9.40. The lowest BCUT2D eigenvalue weighted by atomic mass is 10.2. The van der Waals surface area contributed by atoms with Crippen molar-refractivity contribution in [2.45, 2.75) is 13.5 Å². The predicted molar refractivity (Wildman–Crippen MR) is 81.0 cm³/mol. The first kappa shape index (κ1) is 14.3. The van der Waals surface area contributed by atoms with Crippen molar-refractivity contribution in [2.24, 2.45) is 0 Å². The summed E-state index contributed by atoms with van der Waals surface area (Å²) in [5.41, 5.74) is 2.00. The molecule has 0 atom stereocenters. The summed E-state index contributed by atoms with van der Waals surface area (Å²) in [5.74, 6) is 1.31. The van der Waals surface area contributed by atoms with Gasteiger partial charge in [0.1, 0.15) is 5.75 Å². The van der Waals surface area contributed by atoms with Crippen molar-refractivity contribution in [3.63, 3.8) is 0 Å². The van der Waals surface area contributed by atoms with Crippen LogP contribution in [0.15, 0.2) is 34.9 Å². The van der Waals surface area contributed by atoms with E-state index >= 15 is 0 Å². The fourth-order valence-corrected chi connectivity index (χ4v) is 2.21. The van der Waals surface area contributed by atoms with Crippen molar-refractivity contribution in [3.05, 3.63) is 51.1 Å². The van der Waals surface area contributed by atoms with Crippen LogP contribution in [-0.4, -0.2) is 12.0 Å². The Balaban J connectivity index is 2.34. The molecule has 0 spiro atoms. The van der Waals surface area contributed by atoms with Crippen LogP contribution in [0, 0.1) is 6.92 Å². The number of rotatable bonds is 4. The lowest BCUT2D eigenvalue weighted by Crippen LogP contribution is -2.07. The number of nitrogens with zero attached hydrogens (tertiary/aromatic N) is 1. The van der Waals surface area contributed by atoms with Crippen LogP contribution in [0.2, 0.25) is 5.02 Å². The quantitative estimate of drug-likeness (QED) is 0.899. The lowest BCUT2D eigenvalue weighted by molar-refractivity contribution is 0.451. The summed E-state index contributed by atoms with van der Waals surface area (Å²) in [4.78, 5) is 4.31. The van der Waals surface area contributed by atoms with Gasteiger partial charge in [-0.1, -0.05) is 17.7 Å². The second kappa shape index (κ2) is 6.37. The predicted octanol–water partition coefficient (Wildman–Crippen LogP) is 4.32. The third kappa shape index (κ3) is 3.69. The van der Waals surface area contributed by atoms with Crippen LogP contribution in [0.3, 0.4) is 0 Å². The Bertz CT molecular complexity index is 590. The highest BCUT2D eigenvalue weighted by Crippen LogP contribution is 2.29. The molecule has 100 valence electrons. The minimum atomic E-state index is 0.586. The fraction of sp³-hybridized carbons (Fsp3) is 0.214. The first-order valence-electron chi connectivity index (χ1n) is 5.83.